The fraction of sp³-hybridized carbons (Fsp3) is 0.154. The summed E-state index contributed by atoms with van der Waals surface area (Å²) in [4.78, 5) is 19.3. The van der Waals surface area contributed by atoms with E-state index >= 15 is 0 Å². The maximum atomic E-state index is 11.1. The number of hydrogen-bond donors (Lipinski definition) is 2. The summed E-state index contributed by atoms with van der Waals surface area (Å²) < 4.78 is 2.58. The molecule has 7 heteroatoms. The molecule has 0 atom stereocenters. The summed E-state index contributed by atoms with van der Waals surface area (Å²) in [7, 11) is 0. The number of nitrogens with zero attached hydrogens (tertiary/aromatic N) is 3. The summed E-state index contributed by atoms with van der Waals surface area (Å²) in [6, 6.07) is 3.84. The maximum absolute atomic E-state index is 11.1. The first-order valence-electron chi connectivity index (χ1n) is 5.89. The number of rotatable bonds is 2. The normalized spacial score (nSPS) is 11.3. The second-order valence-electron chi connectivity index (χ2n) is 4.56. The molecule has 6 nitrogen and oxygen atoms in total. The largest absolute Gasteiger partial charge is 0.480 e. The van der Waals surface area contributed by atoms with Crippen LogP contribution in [0.15, 0.2) is 22.9 Å². The number of carboxylic acids is 1. The predicted octanol–water partition coefficient (Wildman–Crippen LogP) is 2.32. The van der Waals surface area contributed by atoms with Crippen molar-refractivity contribution in [1.82, 2.24) is 14.5 Å². The molecule has 0 fully saturated rings. The highest BCUT2D eigenvalue weighted by Crippen LogP contribution is 2.34. The first-order valence-corrected chi connectivity index (χ1v) is 6.68. The highest BCUT2D eigenvalue weighted by atomic mass is 79.9. The second kappa shape index (κ2) is 4.45. The van der Waals surface area contributed by atoms with Crippen LogP contribution in [0.4, 0.5) is 5.82 Å². The van der Waals surface area contributed by atoms with Crippen molar-refractivity contribution < 1.29 is 9.90 Å². The third-order valence-corrected chi connectivity index (χ3v) is 4.10. The molecule has 1 aromatic carbocycles. The third kappa shape index (κ3) is 1.82. The Bertz CT molecular complexity index is 857. The average molecular weight is 335 g/mol. The molecule has 3 N–H and O–H groups in total. The SMILES string of the molecule is Cc1cc2c(cc1Br)c1c(N)ncnc1n2CC(=O)O. The minimum atomic E-state index is -0.929. The van der Waals surface area contributed by atoms with Gasteiger partial charge in [0.15, 0.2) is 0 Å². The molecule has 0 unspecified atom stereocenters. The minimum absolute atomic E-state index is 0.169. The molecule has 0 saturated carbocycles. The number of fused-ring (bicyclic) bond motifs is 3. The van der Waals surface area contributed by atoms with Crippen LogP contribution in [-0.2, 0) is 11.3 Å². The molecule has 0 aliphatic heterocycles. The van der Waals surface area contributed by atoms with Crippen LogP contribution in [0.1, 0.15) is 5.56 Å². The van der Waals surface area contributed by atoms with Gasteiger partial charge in [-0.3, -0.25) is 4.79 Å². The van der Waals surface area contributed by atoms with Gasteiger partial charge in [-0.1, -0.05) is 15.9 Å². The number of carbonyl (C=O) groups is 1. The number of aryl methyl sites for hydroxylation is 1. The van der Waals surface area contributed by atoms with E-state index in [4.69, 9.17) is 10.8 Å². The van der Waals surface area contributed by atoms with E-state index in [9.17, 15) is 4.79 Å². The number of benzene rings is 1. The first kappa shape index (κ1) is 12.9. The fourth-order valence-electron chi connectivity index (χ4n) is 2.35. The van der Waals surface area contributed by atoms with Crippen LogP contribution in [0.2, 0.25) is 0 Å². The van der Waals surface area contributed by atoms with E-state index in [2.05, 4.69) is 25.9 Å². The lowest BCUT2D eigenvalue weighted by Gasteiger charge is -2.04. The van der Waals surface area contributed by atoms with Crippen LogP contribution in [0.5, 0.6) is 0 Å². The van der Waals surface area contributed by atoms with Gasteiger partial charge in [0.1, 0.15) is 24.3 Å². The van der Waals surface area contributed by atoms with Crippen molar-refractivity contribution in [2.24, 2.45) is 0 Å². The molecule has 0 amide bonds. The van der Waals surface area contributed by atoms with Crippen molar-refractivity contribution in [3.63, 3.8) is 0 Å². The van der Waals surface area contributed by atoms with Gasteiger partial charge in [0.05, 0.1) is 10.9 Å². The Kier molecular flexibility index (Phi) is 2.86. The molecule has 0 radical (unpaired) electrons. The predicted molar refractivity (Wildman–Crippen MR) is 79.5 cm³/mol. The molecule has 2 heterocycles. The number of halogens is 1. The second-order valence-corrected chi connectivity index (χ2v) is 5.41. The van der Waals surface area contributed by atoms with Crippen LogP contribution < -0.4 is 5.73 Å². The van der Waals surface area contributed by atoms with Gasteiger partial charge in [0, 0.05) is 9.86 Å². The van der Waals surface area contributed by atoms with Crippen molar-refractivity contribution in [2.75, 3.05) is 5.73 Å². The smallest absolute Gasteiger partial charge is 0.323 e. The summed E-state index contributed by atoms with van der Waals surface area (Å²) in [5, 5.41) is 10.6. The Balaban J connectivity index is 2.52. The Morgan fingerprint density at radius 1 is 1.45 bits per heavy atom. The van der Waals surface area contributed by atoms with Crippen molar-refractivity contribution in [3.8, 4) is 0 Å². The molecular weight excluding hydrogens is 324 g/mol. The van der Waals surface area contributed by atoms with Crippen LogP contribution in [0.3, 0.4) is 0 Å². The number of hydrogen-bond acceptors (Lipinski definition) is 4. The van der Waals surface area contributed by atoms with Crippen LogP contribution in [0.25, 0.3) is 21.9 Å². The minimum Gasteiger partial charge on any atom is -0.480 e. The number of aliphatic carboxylic acids is 1. The molecule has 2 aromatic heterocycles. The maximum Gasteiger partial charge on any atom is 0.323 e. The Morgan fingerprint density at radius 3 is 2.90 bits per heavy atom. The standard InChI is InChI=1S/C13H11BrN4O2/c1-6-2-9-7(3-8(6)14)11-12(15)16-5-17-13(11)18(9)4-10(19)20/h2-3,5H,4H2,1H3,(H,19,20)(H2,15,16,17). The van der Waals surface area contributed by atoms with Crippen molar-refractivity contribution in [1.29, 1.82) is 0 Å². The van der Waals surface area contributed by atoms with Crippen molar-refractivity contribution >= 4 is 49.7 Å². The summed E-state index contributed by atoms with van der Waals surface area (Å²) in [5.41, 5.74) is 8.26. The number of nitrogen functional groups attached to an aromatic ring is 1. The van der Waals surface area contributed by atoms with E-state index in [1.54, 1.807) is 4.57 Å². The van der Waals surface area contributed by atoms with E-state index < -0.39 is 5.97 Å². The summed E-state index contributed by atoms with van der Waals surface area (Å²) in [5.74, 6) is -0.582. The zero-order chi connectivity index (χ0) is 14.4. The van der Waals surface area contributed by atoms with E-state index in [1.165, 1.54) is 6.33 Å². The molecule has 0 aliphatic rings. The van der Waals surface area contributed by atoms with Crippen LogP contribution in [-0.4, -0.2) is 25.6 Å². The lowest BCUT2D eigenvalue weighted by molar-refractivity contribution is -0.137. The van der Waals surface area contributed by atoms with Gasteiger partial charge in [-0.2, -0.15) is 0 Å². The quantitative estimate of drug-likeness (QED) is 0.750. The lowest BCUT2D eigenvalue weighted by atomic mass is 10.1. The molecule has 0 aliphatic carbocycles. The van der Waals surface area contributed by atoms with Crippen LogP contribution >= 0.6 is 15.9 Å². The van der Waals surface area contributed by atoms with Gasteiger partial charge >= 0.3 is 5.97 Å². The van der Waals surface area contributed by atoms with Gasteiger partial charge < -0.3 is 15.4 Å². The van der Waals surface area contributed by atoms with Gasteiger partial charge in [-0.15, -0.1) is 0 Å². The molecule has 0 bridgehead atoms. The van der Waals surface area contributed by atoms with E-state index in [1.807, 2.05) is 19.1 Å². The Hall–Kier alpha value is -2.15. The Labute approximate surface area is 122 Å². The lowest BCUT2D eigenvalue weighted by Crippen LogP contribution is -2.09. The molecule has 102 valence electrons. The zero-order valence-corrected chi connectivity index (χ0v) is 12.2. The average Bonchev–Trinajstić information content (AvgIpc) is 2.66. The number of aromatic nitrogens is 3. The molecular formula is C13H11BrN4O2. The summed E-state index contributed by atoms with van der Waals surface area (Å²) in [6.45, 7) is 1.78. The molecule has 3 aromatic rings. The van der Waals surface area contributed by atoms with Gasteiger partial charge in [0.25, 0.3) is 0 Å². The monoisotopic (exact) mass is 334 g/mol. The van der Waals surface area contributed by atoms with Crippen LogP contribution in [0, 0.1) is 6.92 Å². The number of anilines is 1. The molecule has 0 saturated heterocycles. The summed E-state index contributed by atoms with van der Waals surface area (Å²) >= 11 is 3.48. The van der Waals surface area contributed by atoms with Crippen molar-refractivity contribution in [2.45, 2.75) is 13.5 Å². The summed E-state index contributed by atoms with van der Waals surface area (Å²) in [6.07, 6.45) is 1.34. The van der Waals surface area contributed by atoms with Gasteiger partial charge in [-0.25, -0.2) is 9.97 Å². The van der Waals surface area contributed by atoms with Gasteiger partial charge in [-0.05, 0) is 24.6 Å². The highest BCUT2D eigenvalue weighted by molar-refractivity contribution is 9.10. The fourth-order valence-corrected chi connectivity index (χ4v) is 2.70. The van der Waals surface area contributed by atoms with E-state index in [0.717, 1.165) is 20.9 Å². The topological polar surface area (TPSA) is 94.0 Å². The zero-order valence-electron chi connectivity index (χ0n) is 10.6. The van der Waals surface area contributed by atoms with Crippen molar-refractivity contribution in [3.05, 3.63) is 28.5 Å². The number of carboxylic acid groups (broad SMARTS) is 1. The van der Waals surface area contributed by atoms with E-state index in [-0.39, 0.29) is 6.54 Å². The molecule has 3 rings (SSSR count). The third-order valence-electron chi connectivity index (χ3n) is 3.24. The molecule has 20 heavy (non-hydrogen) atoms. The molecule has 0 spiro atoms. The van der Waals surface area contributed by atoms with E-state index in [0.29, 0.717) is 16.9 Å². The van der Waals surface area contributed by atoms with Gasteiger partial charge in [0.2, 0.25) is 0 Å². The first-order chi connectivity index (χ1) is 9.49. The Morgan fingerprint density at radius 2 is 2.20 bits per heavy atom. The highest BCUT2D eigenvalue weighted by Gasteiger charge is 2.17. The number of nitrogens with two attached hydrogens (primary N) is 1.